The van der Waals surface area contributed by atoms with Gasteiger partial charge in [0.15, 0.2) is 5.17 Å². The van der Waals surface area contributed by atoms with Crippen LogP contribution in [0.4, 0.5) is 18.9 Å². The van der Waals surface area contributed by atoms with Gasteiger partial charge in [0, 0.05) is 5.57 Å². The van der Waals surface area contributed by atoms with Crippen molar-refractivity contribution in [2.24, 2.45) is 4.99 Å². The van der Waals surface area contributed by atoms with Crippen molar-refractivity contribution < 1.29 is 18.0 Å². The molecule has 7 heteroatoms. The van der Waals surface area contributed by atoms with Crippen molar-refractivity contribution in [1.82, 2.24) is 5.32 Å². The number of nitrogens with zero attached hydrogens (tertiary/aromatic N) is 1. The Bertz CT molecular complexity index is 1460. The number of rotatable bonds is 3. The molecular formula is C27H17F3N2OS. The summed E-state index contributed by atoms with van der Waals surface area (Å²) in [7, 11) is 0. The molecule has 3 nitrogen and oxygen atoms in total. The summed E-state index contributed by atoms with van der Waals surface area (Å²) in [6.45, 7) is 0. The highest BCUT2D eigenvalue weighted by Crippen LogP contribution is 2.38. The van der Waals surface area contributed by atoms with E-state index in [1.54, 1.807) is 0 Å². The van der Waals surface area contributed by atoms with E-state index in [-0.39, 0.29) is 16.8 Å². The molecule has 0 atom stereocenters. The minimum absolute atomic E-state index is 0.117. The highest BCUT2D eigenvalue weighted by Gasteiger charge is 2.31. The smallest absolute Gasteiger partial charge is 0.300 e. The van der Waals surface area contributed by atoms with E-state index < -0.39 is 11.7 Å². The summed E-state index contributed by atoms with van der Waals surface area (Å²) < 4.78 is 39.2. The molecule has 1 aliphatic rings. The Morgan fingerprint density at radius 3 is 2.26 bits per heavy atom. The molecule has 1 fully saturated rings. The molecule has 0 unspecified atom stereocenters. The van der Waals surface area contributed by atoms with Crippen LogP contribution in [0.2, 0.25) is 0 Å². The van der Waals surface area contributed by atoms with Crippen LogP contribution in [-0.2, 0) is 11.0 Å². The Labute approximate surface area is 198 Å². The Hall–Kier alpha value is -3.84. The number of amides is 1. The van der Waals surface area contributed by atoms with E-state index in [0.29, 0.717) is 4.91 Å². The van der Waals surface area contributed by atoms with Crippen LogP contribution >= 0.6 is 11.8 Å². The lowest BCUT2D eigenvalue weighted by Crippen LogP contribution is -2.20. The average Bonchev–Trinajstić information content (AvgIpc) is 3.19. The quantitative estimate of drug-likeness (QED) is 0.320. The lowest BCUT2D eigenvalue weighted by atomic mass is 9.95. The molecule has 0 radical (unpaired) electrons. The van der Waals surface area contributed by atoms with E-state index in [1.165, 1.54) is 12.1 Å². The van der Waals surface area contributed by atoms with Gasteiger partial charge in [-0.15, -0.1) is 0 Å². The monoisotopic (exact) mass is 474 g/mol. The summed E-state index contributed by atoms with van der Waals surface area (Å²) in [5.41, 5.74) is 1.79. The van der Waals surface area contributed by atoms with Gasteiger partial charge in [-0.2, -0.15) is 13.2 Å². The Morgan fingerprint density at radius 1 is 0.765 bits per heavy atom. The third kappa shape index (κ3) is 4.47. The summed E-state index contributed by atoms with van der Waals surface area (Å²) in [6.07, 6.45) is -4.47. The fourth-order valence-electron chi connectivity index (χ4n) is 3.79. The van der Waals surface area contributed by atoms with Crippen molar-refractivity contribution in [3.8, 4) is 0 Å². The number of carbonyl (C=O) groups is 1. The predicted octanol–water partition coefficient (Wildman–Crippen LogP) is 7.17. The second-order valence-corrected chi connectivity index (χ2v) is 8.65. The molecule has 4 aromatic rings. The Morgan fingerprint density at radius 2 is 1.50 bits per heavy atom. The van der Waals surface area contributed by atoms with E-state index in [9.17, 15) is 18.0 Å². The van der Waals surface area contributed by atoms with E-state index in [4.69, 9.17) is 0 Å². The van der Waals surface area contributed by atoms with Crippen molar-refractivity contribution in [2.75, 3.05) is 0 Å². The molecule has 0 aliphatic carbocycles. The number of carbonyl (C=O) groups excluding carboxylic acids is 1. The first-order valence-corrected chi connectivity index (χ1v) is 11.2. The number of fused-ring (bicyclic) bond motifs is 1. The van der Waals surface area contributed by atoms with E-state index >= 15 is 0 Å². The number of halogens is 3. The first kappa shape index (κ1) is 22.0. The van der Waals surface area contributed by atoms with Crippen LogP contribution in [0.15, 0.2) is 107 Å². The molecule has 168 valence electrons. The first-order valence-electron chi connectivity index (χ1n) is 10.4. The summed E-state index contributed by atoms with van der Waals surface area (Å²) in [6, 6.07) is 28.2. The zero-order valence-corrected chi connectivity index (χ0v) is 18.5. The SMILES string of the molecule is O=C1NC(=Nc2cccc(C(F)(F)F)c2)SC1=C(c1ccccc1)c1ccc2ccccc2c1. The number of thioether (sulfide) groups is 1. The van der Waals surface area contributed by atoms with Crippen LogP contribution in [0, 0.1) is 0 Å². The number of benzene rings is 4. The largest absolute Gasteiger partial charge is 0.416 e. The molecule has 1 N–H and O–H groups in total. The van der Waals surface area contributed by atoms with Crippen LogP contribution in [0.3, 0.4) is 0 Å². The fourth-order valence-corrected chi connectivity index (χ4v) is 4.75. The van der Waals surface area contributed by atoms with Crippen LogP contribution in [0.25, 0.3) is 16.3 Å². The minimum Gasteiger partial charge on any atom is -0.300 e. The molecule has 5 rings (SSSR count). The number of hydrogen-bond donors (Lipinski definition) is 1. The third-order valence-electron chi connectivity index (χ3n) is 5.36. The maximum atomic E-state index is 13.1. The summed E-state index contributed by atoms with van der Waals surface area (Å²) >= 11 is 1.12. The summed E-state index contributed by atoms with van der Waals surface area (Å²) in [5.74, 6) is -0.345. The molecule has 0 aromatic heterocycles. The van der Waals surface area contributed by atoms with Gasteiger partial charge < -0.3 is 5.32 Å². The lowest BCUT2D eigenvalue weighted by molar-refractivity contribution is -0.137. The second-order valence-electron chi connectivity index (χ2n) is 7.65. The van der Waals surface area contributed by atoms with Crippen molar-refractivity contribution >= 4 is 44.9 Å². The van der Waals surface area contributed by atoms with Gasteiger partial charge in [-0.25, -0.2) is 4.99 Å². The fraction of sp³-hybridized carbons (Fsp3) is 0.0370. The van der Waals surface area contributed by atoms with E-state index in [0.717, 1.165) is 51.4 Å². The van der Waals surface area contributed by atoms with E-state index in [1.807, 2.05) is 72.8 Å². The second kappa shape index (κ2) is 8.83. The van der Waals surface area contributed by atoms with Gasteiger partial charge in [0.05, 0.1) is 16.2 Å². The topological polar surface area (TPSA) is 41.5 Å². The van der Waals surface area contributed by atoms with Gasteiger partial charge in [0.1, 0.15) is 0 Å². The molecule has 1 aliphatic heterocycles. The molecule has 0 bridgehead atoms. The number of nitrogens with one attached hydrogen (secondary N) is 1. The third-order valence-corrected chi connectivity index (χ3v) is 6.34. The molecule has 0 saturated carbocycles. The maximum Gasteiger partial charge on any atom is 0.416 e. The predicted molar refractivity (Wildman–Crippen MR) is 131 cm³/mol. The summed E-state index contributed by atoms with van der Waals surface area (Å²) in [5, 5.41) is 5.05. The molecule has 1 saturated heterocycles. The van der Waals surface area contributed by atoms with Crippen molar-refractivity contribution in [2.45, 2.75) is 6.18 Å². The lowest BCUT2D eigenvalue weighted by Gasteiger charge is -2.12. The number of hydrogen-bond acceptors (Lipinski definition) is 3. The van der Waals surface area contributed by atoms with Crippen molar-refractivity contribution in [3.63, 3.8) is 0 Å². The van der Waals surface area contributed by atoms with Crippen molar-refractivity contribution in [3.05, 3.63) is 119 Å². The zero-order valence-electron chi connectivity index (χ0n) is 17.6. The number of aliphatic imine (C=N–C) groups is 1. The van der Waals surface area contributed by atoms with Crippen LogP contribution in [-0.4, -0.2) is 11.1 Å². The molecule has 1 amide bonds. The molecule has 0 spiro atoms. The molecule has 34 heavy (non-hydrogen) atoms. The molecule has 4 aromatic carbocycles. The van der Waals surface area contributed by atoms with Crippen LogP contribution in [0.5, 0.6) is 0 Å². The zero-order chi connectivity index (χ0) is 23.7. The minimum atomic E-state index is -4.47. The van der Waals surface area contributed by atoms with Gasteiger partial charge in [-0.1, -0.05) is 72.8 Å². The van der Waals surface area contributed by atoms with E-state index in [2.05, 4.69) is 10.3 Å². The van der Waals surface area contributed by atoms with Gasteiger partial charge in [0.25, 0.3) is 5.91 Å². The first-order chi connectivity index (χ1) is 16.4. The Kier molecular flexibility index (Phi) is 5.71. The molecular weight excluding hydrogens is 457 g/mol. The molecule has 1 heterocycles. The Balaban J connectivity index is 1.60. The normalized spacial score (nSPS) is 16.7. The highest BCUT2D eigenvalue weighted by atomic mass is 32.2. The maximum absolute atomic E-state index is 13.1. The van der Waals surface area contributed by atoms with Gasteiger partial charge >= 0.3 is 6.18 Å². The number of alkyl halides is 3. The van der Waals surface area contributed by atoms with Crippen LogP contribution in [0.1, 0.15) is 16.7 Å². The van der Waals surface area contributed by atoms with Gasteiger partial charge in [0.2, 0.25) is 0 Å². The number of amidine groups is 1. The van der Waals surface area contributed by atoms with Crippen molar-refractivity contribution in [1.29, 1.82) is 0 Å². The van der Waals surface area contributed by atoms with Crippen LogP contribution < -0.4 is 5.32 Å². The van der Waals surface area contributed by atoms with Gasteiger partial charge in [-0.3, -0.25) is 4.79 Å². The summed E-state index contributed by atoms with van der Waals surface area (Å²) in [4.78, 5) is 17.7. The highest BCUT2D eigenvalue weighted by molar-refractivity contribution is 8.18. The standard InChI is InChI=1S/C27H17F3N2OS/c28-27(29,30)21-11-6-12-22(16-21)31-26-32-25(33)24(34-26)23(18-8-2-1-3-9-18)20-14-13-17-7-4-5-10-19(17)15-20/h1-16H,(H,31,32,33). The van der Waals surface area contributed by atoms with Gasteiger partial charge in [-0.05, 0) is 57.9 Å². The average molecular weight is 475 g/mol.